The maximum Gasteiger partial charge on any atom is 0.306 e. The van der Waals surface area contributed by atoms with Crippen LogP contribution in [0.5, 0.6) is 0 Å². The van der Waals surface area contributed by atoms with Crippen molar-refractivity contribution in [2.24, 2.45) is 12.0 Å². The number of ether oxygens (including phenoxy) is 1. The number of nitrogens with one attached hydrogen (secondary N) is 2. The molecule has 1 aromatic heterocycles. The molecule has 30 heavy (non-hydrogen) atoms. The summed E-state index contributed by atoms with van der Waals surface area (Å²) in [4.78, 5) is 16.2. The van der Waals surface area contributed by atoms with E-state index in [-0.39, 0.29) is 36.5 Å². The van der Waals surface area contributed by atoms with Gasteiger partial charge in [-0.1, -0.05) is 12.8 Å². The number of aryl methyl sites for hydroxylation is 1. The Balaban J connectivity index is 0.00000841. The van der Waals surface area contributed by atoms with Gasteiger partial charge in [-0.3, -0.25) is 9.48 Å². The summed E-state index contributed by atoms with van der Waals surface area (Å²) >= 11 is 0. The molecule has 1 unspecified atom stereocenters. The van der Waals surface area contributed by atoms with E-state index in [1.54, 1.807) is 24.0 Å². The second-order valence-electron chi connectivity index (χ2n) is 8.55. The Labute approximate surface area is 198 Å². The first-order valence-electron chi connectivity index (χ1n) is 10.5. The summed E-state index contributed by atoms with van der Waals surface area (Å²) in [5.41, 5.74) is -0.743. The number of carbonyl (C=O) groups excluding carboxylic acids is 1. The molecular formula is C21H40IN5O3. The SMILES string of the molecule is CCNC(=NCC(C)(O)c1cnn(C)c1)NCCCCCCC(=O)OC(C)(C)C.I. The van der Waals surface area contributed by atoms with Gasteiger partial charge < -0.3 is 20.5 Å². The summed E-state index contributed by atoms with van der Waals surface area (Å²) in [6.45, 7) is 11.2. The smallest absolute Gasteiger partial charge is 0.306 e. The highest BCUT2D eigenvalue weighted by molar-refractivity contribution is 14.0. The molecule has 0 saturated carbocycles. The van der Waals surface area contributed by atoms with Gasteiger partial charge in [-0.25, -0.2) is 4.99 Å². The lowest BCUT2D eigenvalue weighted by Gasteiger charge is -2.20. The summed E-state index contributed by atoms with van der Waals surface area (Å²) in [6, 6.07) is 0. The number of aliphatic hydroxyl groups is 1. The van der Waals surface area contributed by atoms with E-state index in [9.17, 15) is 9.90 Å². The quantitative estimate of drug-likeness (QED) is 0.132. The Morgan fingerprint density at radius 1 is 1.20 bits per heavy atom. The van der Waals surface area contributed by atoms with Gasteiger partial charge >= 0.3 is 5.97 Å². The van der Waals surface area contributed by atoms with Gasteiger partial charge in [-0.2, -0.15) is 5.10 Å². The second kappa shape index (κ2) is 13.8. The van der Waals surface area contributed by atoms with E-state index in [0.717, 1.165) is 44.3 Å². The molecule has 0 bridgehead atoms. The number of nitrogens with zero attached hydrogens (tertiary/aromatic N) is 3. The van der Waals surface area contributed by atoms with E-state index >= 15 is 0 Å². The number of aliphatic imine (C=N–C) groups is 1. The highest BCUT2D eigenvalue weighted by atomic mass is 127. The number of hydrogen-bond donors (Lipinski definition) is 3. The third-order valence-electron chi connectivity index (χ3n) is 4.24. The van der Waals surface area contributed by atoms with Gasteiger partial charge in [-0.15, -0.1) is 24.0 Å². The number of guanidine groups is 1. The summed E-state index contributed by atoms with van der Waals surface area (Å²) in [7, 11) is 1.82. The molecular weight excluding hydrogens is 497 g/mol. The Kier molecular flexibility index (Phi) is 13.2. The molecule has 1 atom stereocenters. The predicted molar refractivity (Wildman–Crippen MR) is 131 cm³/mol. The summed E-state index contributed by atoms with van der Waals surface area (Å²) in [6.07, 6.45) is 7.78. The van der Waals surface area contributed by atoms with Gasteiger partial charge in [0.1, 0.15) is 11.2 Å². The normalized spacial score (nSPS) is 13.9. The van der Waals surface area contributed by atoms with E-state index in [0.29, 0.717) is 12.4 Å². The lowest BCUT2D eigenvalue weighted by Crippen LogP contribution is -2.39. The van der Waals surface area contributed by atoms with Crippen LogP contribution in [-0.2, 0) is 22.2 Å². The predicted octanol–water partition coefficient (Wildman–Crippen LogP) is 3.09. The van der Waals surface area contributed by atoms with Crippen molar-refractivity contribution in [1.82, 2.24) is 20.4 Å². The Morgan fingerprint density at radius 3 is 2.43 bits per heavy atom. The maximum atomic E-state index is 11.7. The zero-order valence-electron chi connectivity index (χ0n) is 19.3. The van der Waals surface area contributed by atoms with Crippen LogP contribution in [-0.4, -0.2) is 52.1 Å². The van der Waals surface area contributed by atoms with Crippen molar-refractivity contribution in [2.75, 3.05) is 19.6 Å². The number of halogens is 1. The molecule has 0 aliphatic heterocycles. The van der Waals surface area contributed by atoms with Crippen molar-refractivity contribution in [2.45, 2.75) is 77.9 Å². The summed E-state index contributed by atoms with van der Waals surface area (Å²) in [5, 5.41) is 21.2. The Hall–Kier alpha value is -1.36. The highest BCUT2D eigenvalue weighted by Crippen LogP contribution is 2.19. The zero-order chi connectivity index (χ0) is 21.9. The van der Waals surface area contributed by atoms with Gasteiger partial charge in [0.2, 0.25) is 0 Å². The molecule has 0 aromatic carbocycles. The molecule has 0 radical (unpaired) electrons. The Bertz CT molecular complexity index is 653. The Morgan fingerprint density at radius 2 is 1.87 bits per heavy atom. The molecule has 9 heteroatoms. The molecule has 0 saturated heterocycles. The molecule has 0 spiro atoms. The maximum absolute atomic E-state index is 11.7. The van der Waals surface area contributed by atoms with Crippen LogP contribution in [0.25, 0.3) is 0 Å². The minimum atomic E-state index is -1.07. The van der Waals surface area contributed by atoms with Crippen LogP contribution in [0, 0.1) is 0 Å². The van der Waals surface area contributed by atoms with Crippen LogP contribution in [0.1, 0.15) is 72.3 Å². The van der Waals surface area contributed by atoms with Crippen molar-refractivity contribution in [1.29, 1.82) is 0 Å². The van der Waals surface area contributed by atoms with E-state index in [2.05, 4.69) is 20.7 Å². The number of unbranched alkanes of at least 4 members (excludes halogenated alkanes) is 3. The molecule has 3 N–H and O–H groups in total. The number of aromatic nitrogens is 2. The van der Waals surface area contributed by atoms with E-state index in [1.165, 1.54) is 0 Å². The number of esters is 1. The van der Waals surface area contributed by atoms with Gasteiger partial charge in [0.15, 0.2) is 5.96 Å². The van der Waals surface area contributed by atoms with Gasteiger partial charge in [0, 0.05) is 38.3 Å². The fourth-order valence-corrected chi connectivity index (χ4v) is 2.71. The van der Waals surface area contributed by atoms with Crippen molar-refractivity contribution in [3.8, 4) is 0 Å². The highest BCUT2D eigenvalue weighted by Gasteiger charge is 2.24. The summed E-state index contributed by atoms with van der Waals surface area (Å²) < 4.78 is 6.98. The molecule has 0 amide bonds. The van der Waals surface area contributed by atoms with Gasteiger partial charge in [0.05, 0.1) is 12.7 Å². The van der Waals surface area contributed by atoms with E-state index in [1.807, 2.05) is 34.7 Å². The first kappa shape index (κ1) is 28.6. The third kappa shape index (κ3) is 12.4. The number of carbonyl (C=O) groups is 1. The fourth-order valence-electron chi connectivity index (χ4n) is 2.71. The molecule has 1 rings (SSSR count). The van der Waals surface area contributed by atoms with Gasteiger partial charge in [-0.05, 0) is 47.5 Å². The lowest BCUT2D eigenvalue weighted by molar-refractivity contribution is -0.154. The van der Waals surface area contributed by atoms with Crippen LogP contribution in [0.4, 0.5) is 0 Å². The average molecular weight is 537 g/mol. The zero-order valence-corrected chi connectivity index (χ0v) is 21.7. The molecule has 1 heterocycles. The minimum absolute atomic E-state index is 0. The number of rotatable bonds is 11. The van der Waals surface area contributed by atoms with Gasteiger partial charge in [0.25, 0.3) is 0 Å². The molecule has 8 nitrogen and oxygen atoms in total. The minimum Gasteiger partial charge on any atom is -0.460 e. The molecule has 174 valence electrons. The first-order valence-corrected chi connectivity index (χ1v) is 10.5. The molecule has 1 aromatic rings. The number of hydrogen-bond acceptors (Lipinski definition) is 5. The van der Waals surface area contributed by atoms with Crippen LogP contribution in [0.2, 0.25) is 0 Å². The van der Waals surface area contributed by atoms with Crippen molar-refractivity contribution in [3.63, 3.8) is 0 Å². The molecule has 0 fully saturated rings. The monoisotopic (exact) mass is 537 g/mol. The topological polar surface area (TPSA) is 101 Å². The average Bonchev–Trinajstić information content (AvgIpc) is 3.04. The van der Waals surface area contributed by atoms with Crippen molar-refractivity contribution < 1.29 is 14.6 Å². The van der Waals surface area contributed by atoms with Crippen LogP contribution < -0.4 is 10.6 Å². The van der Waals surface area contributed by atoms with Crippen LogP contribution >= 0.6 is 24.0 Å². The summed E-state index contributed by atoms with van der Waals surface area (Å²) in [5.74, 6) is 0.559. The van der Waals surface area contributed by atoms with Crippen LogP contribution in [0.15, 0.2) is 17.4 Å². The van der Waals surface area contributed by atoms with E-state index < -0.39 is 11.2 Å². The molecule has 0 aliphatic carbocycles. The van der Waals surface area contributed by atoms with Crippen molar-refractivity contribution in [3.05, 3.63) is 18.0 Å². The first-order chi connectivity index (χ1) is 13.5. The standard InChI is InChI=1S/C21H39N5O3.HI/c1-7-22-19(24-16-21(5,28)17-14-25-26(6)15-17)23-13-11-9-8-10-12-18(27)29-20(2,3)4;/h14-15,28H,7-13,16H2,1-6H3,(H2,22,23,24);1H. The van der Waals surface area contributed by atoms with Crippen LogP contribution in [0.3, 0.4) is 0 Å². The largest absolute Gasteiger partial charge is 0.460 e. The lowest BCUT2D eigenvalue weighted by atomic mass is 10.0. The fraction of sp³-hybridized carbons (Fsp3) is 0.762. The third-order valence-corrected chi connectivity index (χ3v) is 4.24. The van der Waals surface area contributed by atoms with E-state index in [4.69, 9.17) is 4.74 Å². The molecule has 0 aliphatic rings. The second-order valence-corrected chi connectivity index (χ2v) is 8.55. The van der Waals surface area contributed by atoms with Crippen molar-refractivity contribution >= 4 is 35.9 Å².